The summed E-state index contributed by atoms with van der Waals surface area (Å²) in [6, 6.07) is 10.4. The second-order valence-electron chi connectivity index (χ2n) is 10.5. The van der Waals surface area contributed by atoms with Crippen LogP contribution in [0, 0.1) is 6.92 Å². The topological polar surface area (TPSA) is 111 Å². The zero-order chi connectivity index (χ0) is 28.7. The molecule has 1 fully saturated rings. The first-order chi connectivity index (χ1) is 19.0. The van der Waals surface area contributed by atoms with Crippen molar-refractivity contribution in [1.29, 1.82) is 0 Å². The van der Waals surface area contributed by atoms with E-state index in [9.17, 15) is 13.8 Å². The molecule has 3 aromatic rings. The molecule has 5 rings (SSSR count). The molecule has 0 aliphatic carbocycles. The second-order valence-corrected chi connectivity index (χ2v) is 13.9. The van der Waals surface area contributed by atoms with Gasteiger partial charge in [0.1, 0.15) is 0 Å². The van der Waals surface area contributed by atoms with Gasteiger partial charge in [-0.1, -0.05) is 35.3 Å². The van der Waals surface area contributed by atoms with Gasteiger partial charge in [0.15, 0.2) is 0 Å². The van der Waals surface area contributed by atoms with Crippen LogP contribution in [0.4, 0.5) is 17.3 Å². The van der Waals surface area contributed by atoms with E-state index in [4.69, 9.17) is 23.2 Å². The average molecular weight is 602 g/mol. The maximum atomic E-state index is 14.0. The fourth-order valence-electron chi connectivity index (χ4n) is 5.06. The predicted molar refractivity (Wildman–Crippen MR) is 163 cm³/mol. The van der Waals surface area contributed by atoms with Gasteiger partial charge in [0.2, 0.25) is 5.95 Å². The van der Waals surface area contributed by atoms with Crippen molar-refractivity contribution in [2.45, 2.75) is 45.7 Å². The van der Waals surface area contributed by atoms with E-state index in [0.717, 1.165) is 34.1 Å². The number of nitrogens with zero attached hydrogens (tertiary/aromatic N) is 5. The highest BCUT2D eigenvalue weighted by Gasteiger charge is 2.31. The molecule has 0 spiro atoms. The molecule has 0 bridgehead atoms. The number of aromatic nitrogens is 3. The van der Waals surface area contributed by atoms with Crippen molar-refractivity contribution < 1.29 is 4.21 Å². The number of rotatable bonds is 6. The van der Waals surface area contributed by atoms with E-state index in [0.29, 0.717) is 32.9 Å². The van der Waals surface area contributed by atoms with Gasteiger partial charge >= 0.3 is 11.4 Å². The summed E-state index contributed by atoms with van der Waals surface area (Å²) < 4.78 is 19.9. The average Bonchev–Trinajstić information content (AvgIpc) is 3.30. The first kappa shape index (κ1) is 28.3. The third-order valence-electron chi connectivity index (χ3n) is 7.11. The van der Waals surface area contributed by atoms with Crippen LogP contribution in [0.3, 0.4) is 0 Å². The SMILES string of the molecule is CC1=CC(C)(n2c(=O)nc(Nc3ccc(N=S4(=O)CCCC4)cc3Cl)n(Cc3cc(Cl)ccc3C)c2=O)CN=C1. The number of hydrogen-bond donors (Lipinski definition) is 1. The number of halogens is 2. The highest BCUT2D eigenvalue weighted by Crippen LogP contribution is 2.31. The summed E-state index contributed by atoms with van der Waals surface area (Å²) in [6.07, 6.45) is 5.36. The Hall–Kier alpha value is -3.21. The Bertz CT molecular complexity index is 1790. The molecule has 1 aromatic heterocycles. The van der Waals surface area contributed by atoms with Crippen LogP contribution in [0.25, 0.3) is 0 Å². The lowest BCUT2D eigenvalue weighted by Gasteiger charge is -2.29. The largest absolute Gasteiger partial charge is 0.355 e. The van der Waals surface area contributed by atoms with Crippen molar-refractivity contribution in [3.05, 3.63) is 90.2 Å². The van der Waals surface area contributed by atoms with Gasteiger partial charge in [-0.05, 0) is 80.6 Å². The second kappa shape index (κ2) is 11.0. The summed E-state index contributed by atoms with van der Waals surface area (Å²) >= 11 is 12.9. The van der Waals surface area contributed by atoms with Crippen molar-refractivity contribution in [2.24, 2.45) is 9.36 Å². The van der Waals surface area contributed by atoms with E-state index in [-0.39, 0.29) is 19.0 Å². The normalized spacial score (nSPS) is 19.9. The number of hydrogen-bond acceptors (Lipinski definition) is 7. The van der Waals surface area contributed by atoms with E-state index >= 15 is 0 Å². The molecule has 40 heavy (non-hydrogen) atoms. The molecule has 9 nitrogen and oxygen atoms in total. The zero-order valence-electron chi connectivity index (χ0n) is 22.5. The van der Waals surface area contributed by atoms with Crippen LogP contribution in [0.15, 0.2) is 67.0 Å². The van der Waals surface area contributed by atoms with Crippen LogP contribution in [-0.2, 0) is 21.8 Å². The Labute approximate surface area is 242 Å². The summed E-state index contributed by atoms with van der Waals surface area (Å²) in [5, 5.41) is 3.89. The molecule has 1 unspecified atom stereocenters. The molecule has 1 saturated heterocycles. The molecular formula is C28H30Cl2N6O3S. The van der Waals surface area contributed by atoms with Gasteiger partial charge in [-0.25, -0.2) is 18.4 Å². The van der Waals surface area contributed by atoms with Crippen molar-refractivity contribution in [3.8, 4) is 0 Å². The van der Waals surface area contributed by atoms with Crippen molar-refractivity contribution >= 4 is 56.5 Å². The Morgan fingerprint density at radius 1 is 1.10 bits per heavy atom. The first-order valence-corrected chi connectivity index (χ1v) is 15.6. The molecule has 0 radical (unpaired) electrons. The molecule has 0 saturated carbocycles. The van der Waals surface area contributed by atoms with E-state index in [1.807, 2.05) is 26.0 Å². The third-order valence-corrected chi connectivity index (χ3v) is 10.1. The molecule has 1 atom stereocenters. The lowest BCUT2D eigenvalue weighted by atomic mass is 9.97. The monoisotopic (exact) mass is 600 g/mol. The van der Waals surface area contributed by atoms with Gasteiger partial charge in [0.05, 0.1) is 44.8 Å². The smallest absolute Gasteiger partial charge is 0.324 e. The van der Waals surface area contributed by atoms with Crippen molar-refractivity contribution in [2.75, 3.05) is 23.4 Å². The van der Waals surface area contributed by atoms with Gasteiger partial charge in [-0.15, -0.1) is 0 Å². The van der Waals surface area contributed by atoms with Crippen molar-refractivity contribution in [3.63, 3.8) is 0 Å². The quantitative estimate of drug-likeness (QED) is 0.404. The predicted octanol–water partition coefficient (Wildman–Crippen LogP) is 5.45. The number of allylic oxidation sites excluding steroid dienone is 1. The van der Waals surface area contributed by atoms with Crippen LogP contribution < -0.4 is 16.7 Å². The Morgan fingerprint density at radius 2 is 1.85 bits per heavy atom. The Kier molecular flexibility index (Phi) is 7.78. The number of aryl methyl sites for hydroxylation is 1. The van der Waals surface area contributed by atoms with E-state index in [2.05, 4.69) is 19.7 Å². The molecule has 0 amide bonds. The van der Waals surface area contributed by atoms with Gasteiger partial charge < -0.3 is 5.32 Å². The highest BCUT2D eigenvalue weighted by molar-refractivity contribution is 7.93. The molecular weight excluding hydrogens is 571 g/mol. The minimum absolute atomic E-state index is 0.0301. The van der Waals surface area contributed by atoms with Crippen LogP contribution in [0.2, 0.25) is 10.0 Å². The molecule has 2 aliphatic heterocycles. The molecule has 210 valence electrons. The van der Waals surface area contributed by atoms with Gasteiger partial charge in [0.25, 0.3) is 0 Å². The van der Waals surface area contributed by atoms with E-state index < -0.39 is 26.6 Å². The maximum absolute atomic E-state index is 14.0. The molecule has 12 heteroatoms. The van der Waals surface area contributed by atoms with Gasteiger partial charge in [0, 0.05) is 22.7 Å². The fraction of sp³-hybridized carbons (Fsp3) is 0.357. The minimum atomic E-state index is -2.26. The maximum Gasteiger partial charge on any atom is 0.355 e. The lowest BCUT2D eigenvalue weighted by Crippen LogP contribution is -2.53. The summed E-state index contributed by atoms with van der Waals surface area (Å²) in [5.74, 6) is 1.19. The van der Waals surface area contributed by atoms with Gasteiger partial charge in [-0.3, -0.25) is 9.56 Å². The number of anilines is 2. The molecule has 2 aliphatic rings. The van der Waals surface area contributed by atoms with Crippen molar-refractivity contribution in [1.82, 2.24) is 14.1 Å². The fourth-order valence-corrected chi connectivity index (χ4v) is 7.67. The van der Waals surface area contributed by atoms with E-state index in [1.165, 1.54) is 4.57 Å². The number of dihydropyridines is 1. The summed E-state index contributed by atoms with van der Waals surface area (Å²) in [4.78, 5) is 36.1. The number of benzene rings is 2. The molecule has 2 aromatic carbocycles. The summed E-state index contributed by atoms with van der Waals surface area (Å²) in [7, 11) is -2.26. The van der Waals surface area contributed by atoms with Crippen LogP contribution in [0.1, 0.15) is 37.8 Å². The lowest BCUT2D eigenvalue weighted by molar-refractivity contribution is 0.367. The Balaban J connectivity index is 1.61. The number of aliphatic imine (C=N–C) groups is 1. The first-order valence-electron chi connectivity index (χ1n) is 12.9. The third kappa shape index (κ3) is 5.80. The highest BCUT2D eigenvalue weighted by atomic mass is 35.5. The standard InChI is InChI=1S/C28H30Cl2N6O3S/c1-18-14-28(3,17-31-15-18)36-26(37)33-25(35(27(36)38)16-20-12-21(29)7-6-19(20)2)32-24-9-8-22(13-23(24)30)34-40(39)10-4-5-11-40/h6-9,12-15H,4-5,10-11,16-17H2,1-3H3,(H,32,33,37). The number of nitrogens with one attached hydrogen (secondary N) is 1. The van der Waals surface area contributed by atoms with Crippen LogP contribution in [-0.4, -0.2) is 42.6 Å². The molecule has 1 N–H and O–H groups in total. The zero-order valence-corrected chi connectivity index (χ0v) is 24.8. The summed E-state index contributed by atoms with van der Waals surface area (Å²) in [6.45, 7) is 5.91. The minimum Gasteiger partial charge on any atom is -0.324 e. The molecule has 3 heterocycles. The summed E-state index contributed by atoms with van der Waals surface area (Å²) in [5.41, 5.74) is 1.26. The van der Waals surface area contributed by atoms with E-state index in [1.54, 1.807) is 43.5 Å². The van der Waals surface area contributed by atoms with Crippen LogP contribution in [0.5, 0.6) is 0 Å². The van der Waals surface area contributed by atoms with Gasteiger partial charge in [-0.2, -0.15) is 9.35 Å². The van der Waals surface area contributed by atoms with Crippen LogP contribution >= 0.6 is 23.2 Å². The Morgan fingerprint density at radius 3 is 2.55 bits per heavy atom.